The lowest BCUT2D eigenvalue weighted by Gasteiger charge is -2.17. The Morgan fingerprint density at radius 2 is 1.86 bits per heavy atom. The Labute approximate surface area is 159 Å². The van der Waals surface area contributed by atoms with Crippen LogP contribution >= 0.6 is 0 Å². The number of halogens is 4. The molecule has 0 saturated heterocycles. The summed E-state index contributed by atoms with van der Waals surface area (Å²) >= 11 is 0. The van der Waals surface area contributed by atoms with Gasteiger partial charge >= 0.3 is 6.18 Å². The number of carbonyl (C=O) groups excluding carboxylic acids is 1. The van der Waals surface area contributed by atoms with E-state index in [0.717, 1.165) is 12.1 Å². The molecule has 0 fully saturated rings. The third-order valence-corrected chi connectivity index (χ3v) is 4.37. The van der Waals surface area contributed by atoms with E-state index in [4.69, 9.17) is 0 Å². The zero-order valence-corrected chi connectivity index (χ0v) is 15.2. The quantitative estimate of drug-likeness (QED) is 0.609. The van der Waals surface area contributed by atoms with E-state index in [1.165, 1.54) is 41.0 Å². The van der Waals surface area contributed by atoms with Gasteiger partial charge in [-0.1, -0.05) is 24.3 Å². The maximum atomic E-state index is 13.8. The average molecular weight is 391 g/mol. The minimum atomic E-state index is -4.48. The molecule has 8 heteroatoms. The van der Waals surface area contributed by atoms with Crippen molar-refractivity contribution in [1.82, 2.24) is 14.7 Å². The van der Waals surface area contributed by atoms with E-state index >= 15 is 0 Å². The van der Waals surface area contributed by atoms with Crippen LogP contribution in [0.4, 0.5) is 17.6 Å². The Kier molecular flexibility index (Phi) is 5.22. The standard InChI is InChI=1S/C20H17F4N3O/c1-13-17(19(28)26(2)12-14-6-3-4-9-18(14)21)11-25-27(13)16-8-5-7-15(10-16)20(22,23)24/h3-11H,12H2,1-2H3. The molecule has 3 aromatic rings. The SMILES string of the molecule is Cc1c(C(=O)N(C)Cc2ccccc2F)cnn1-c1cccc(C(F)(F)F)c1. The van der Waals surface area contributed by atoms with Crippen LogP contribution in [0, 0.1) is 12.7 Å². The van der Waals surface area contributed by atoms with Crippen LogP contribution in [0.1, 0.15) is 27.2 Å². The summed E-state index contributed by atoms with van der Waals surface area (Å²) in [6.45, 7) is 1.65. The van der Waals surface area contributed by atoms with Crippen LogP contribution in [-0.4, -0.2) is 27.6 Å². The molecule has 3 rings (SSSR count). The van der Waals surface area contributed by atoms with Gasteiger partial charge in [0, 0.05) is 19.2 Å². The van der Waals surface area contributed by atoms with Gasteiger partial charge in [0.25, 0.3) is 5.91 Å². The maximum absolute atomic E-state index is 13.8. The third-order valence-electron chi connectivity index (χ3n) is 4.37. The monoisotopic (exact) mass is 391 g/mol. The van der Waals surface area contributed by atoms with E-state index in [-0.39, 0.29) is 17.8 Å². The van der Waals surface area contributed by atoms with Crippen LogP contribution in [-0.2, 0) is 12.7 Å². The molecular weight excluding hydrogens is 374 g/mol. The Morgan fingerprint density at radius 3 is 2.54 bits per heavy atom. The van der Waals surface area contributed by atoms with Gasteiger partial charge in [-0.15, -0.1) is 0 Å². The summed E-state index contributed by atoms with van der Waals surface area (Å²) in [5.41, 5.74) is 0.384. The fraction of sp³-hybridized carbons (Fsp3) is 0.200. The van der Waals surface area contributed by atoms with E-state index < -0.39 is 23.5 Å². The van der Waals surface area contributed by atoms with Crippen LogP contribution in [0.3, 0.4) is 0 Å². The molecule has 0 aliphatic carbocycles. The van der Waals surface area contributed by atoms with E-state index in [2.05, 4.69) is 5.10 Å². The van der Waals surface area contributed by atoms with Crippen molar-refractivity contribution in [3.05, 3.63) is 82.9 Å². The smallest absolute Gasteiger partial charge is 0.337 e. The predicted octanol–water partition coefficient (Wildman–Crippen LogP) is 4.61. The van der Waals surface area contributed by atoms with Crippen LogP contribution < -0.4 is 0 Å². The van der Waals surface area contributed by atoms with Crippen LogP contribution in [0.15, 0.2) is 54.7 Å². The second-order valence-corrected chi connectivity index (χ2v) is 6.36. The first-order valence-corrected chi connectivity index (χ1v) is 8.39. The number of hydrogen-bond acceptors (Lipinski definition) is 2. The second kappa shape index (κ2) is 7.46. The molecule has 0 atom stereocenters. The normalized spacial score (nSPS) is 11.5. The minimum absolute atomic E-state index is 0.0552. The highest BCUT2D eigenvalue weighted by atomic mass is 19.4. The van der Waals surface area contributed by atoms with Crippen molar-refractivity contribution in [2.45, 2.75) is 19.6 Å². The fourth-order valence-electron chi connectivity index (χ4n) is 2.85. The number of alkyl halides is 3. The van der Waals surface area contributed by atoms with Gasteiger partial charge in [0.1, 0.15) is 5.82 Å². The molecule has 2 aromatic carbocycles. The lowest BCUT2D eigenvalue weighted by Crippen LogP contribution is -2.27. The van der Waals surface area contributed by atoms with Gasteiger partial charge in [0.15, 0.2) is 0 Å². The highest BCUT2D eigenvalue weighted by molar-refractivity contribution is 5.95. The number of hydrogen-bond donors (Lipinski definition) is 0. The summed E-state index contributed by atoms with van der Waals surface area (Å²) in [5.74, 6) is -0.822. The molecule has 0 saturated carbocycles. The third kappa shape index (κ3) is 3.90. The van der Waals surface area contributed by atoms with E-state index in [1.807, 2.05) is 0 Å². The summed E-state index contributed by atoms with van der Waals surface area (Å²) < 4.78 is 53.9. The Morgan fingerprint density at radius 1 is 1.14 bits per heavy atom. The van der Waals surface area contributed by atoms with Crippen LogP contribution in [0.25, 0.3) is 5.69 Å². The zero-order chi connectivity index (χ0) is 20.5. The maximum Gasteiger partial charge on any atom is 0.416 e. The lowest BCUT2D eigenvalue weighted by atomic mass is 10.1. The molecule has 146 valence electrons. The number of carbonyl (C=O) groups is 1. The molecular formula is C20H17F4N3O. The highest BCUT2D eigenvalue weighted by Gasteiger charge is 2.31. The van der Waals surface area contributed by atoms with Crippen molar-refractivity contribution in [1.29, 1.82) is 0 Å². The molecule has 28 heavy (non-hydrogen) atoms. The minimum Gasteiger partial charge on any atom is -0.337 e. The predicted molar refractivity (Wildman–Crippen MR) is 95.5 cm³/mol. The summed E-state index contributed by atoms with van der Waals surface area (Å²) in [5, 5.41) is 4.06. The van der Waals surface area contributed by atoms with E-state index in [0.29, 0.717) is 11.3 Å². The molecule has 0 unspecified atom stereocenters. The van der Waals surface area contributed by atoms with Gasteiger partial charge in [0.2, 0.25) is 0 Å². The number of nitrogens with zero attached hydrogens (tertiary/aromatic N) is 3. The lowest BCUT2D eigenvalue weighted by molar-refractivity contribution is -0.137. The fourth-order valence-corrected chi connectivity index (χ4v) is 2.85. The van der Waals surface area contributed by atoms with Crippen LogP contribution in [0.2, 0.25) is 0 Å². The van der Waals surface area contributed by atoms with Gasteiger partial charge in [-0.25, -0.2) is 9.07 Å². The number of rotatable bonds is 4. The van der Waals surface area contributed by atoms with Gasteiger partial charge in [-0.05, 0) is 31.2 Å². The van der Waals surface area contributed by atoms with Crippen molar-refractivity contribution < 1.29 is 22.4 Å². The average Bonchev–Trinajstić information content (AvgIpc) is 3.03. The molecule has 1 amide bonds. The second-order valence-electron chi connectivity index (χ2n) is 6.36. The van der Waals surface area contributed by atoms with E-state index in [1.54, 1.807) is 25.1 Å². The van der Waals surface area contributed by atoms with Crippen molar-refractivity contribution in [2.24, 2.45) is 0 Å². The van der Waals surface area contributed by atoms with Gasteiger partial charge in [-0.3, -0.25) is 4.79 Å². The topological polar surface area (TPSA) is 38.1 Å². The molecule has 0 N–H and O–H groups in total. The Bertz CT molecular complexity index is 1010. The summed E-state index contributed by atoms with van der Waals surface area (Å²) in [6.07, 6.45) is -3.18. The largest absolute Gasteiger partial charge is 0.416 e. The van der Waals surface area contributed by atoms with Gasteiger partial charge in [0.05, 0.1) is 28.7 Å². The molecule has 0 radical (unpaired) electrons. The number of aromatic nitrogens is 2. The molecule has 0 aliphatic rings. The van der Waals surface area contributed by atoms with Crippen molar-refractivity contribution >= 4 is 5.91 Å². The highest BCUT2D eigenvalue weighted by Crippen LogP contribution is 2.30. The Balaban J connectivity index is 1.87. The summed E-state index contributed by atoms with van der Waals surface area (Å²) in [7, 11) is 1.52. The van der Waals surface area contributed by atoms with Crippen molar-refractivity contribution in [2.75, 3.05) is 7.05 Å². The molecule has 0 bridgehead atoms. The molecule has 0 aliphatic heterocycles. The first kappa shape index (κ1) is 19.6. The number of benzene rings is 2. The number of amides is 1. The van der Waals surface area contributed by atoms with Gasteiger partial charge in [-0.2, -0.15) is 18.3 Å². The zero-order valence-electron chi connectivity index (χ0n) is 15.2. The summed E-state index contributed by atoms with van der Waals surface area (Å²) in [4.78, 5) is 14.1. The molecule has 4 nitrogen and oxygen atoms in total. The first-order valence-electron chi connectivity index (χ1n) is 8.39. The van der Waals surface area contributed by atoms with Gasteiger partial charge < -0.3 is 4.90 Å². The van der Waals surface area contributed by atoms with E-state index in [9.17, 15) is 22.4 Å². The molecule has 0 spiro atoms. The van der Waals surface area contributed by atoms with Crippen LogP contribution in [0.5, 0.6) is 0 Å². The molecule has 1 aromatic heterocycles. The first-order chi connectivity index (χ1) is 13.2. The Hall–Kier alpha value is -3.16. The summed E-state index contributed by atoms with van der Waals surface area (Å²) in [6, 6.07) is 10.8. The van der Waals surface area contributed by atoms with Crippen molar-refractivity contribution in [3.8, 4) is 5.69 Å². The molecule has 1 heterocycles. The van der Waals surface area contributed by atoms with Crippen molar-refractivity contribution in [3.63, 3.8) is 0 Å².